The molecule has 0 amide bonds. The molecule has 0 aliphatic rings. The number of hydrogen-bond acceptors (Lipinski definition) is 2. The maximum absolute atomic E-state index is 10.5. The second-order valence-electron chi connectivity index (χ2n) is 9.33. The molecule has 4 aromatic carbocycles. The molecule has 40 heavy (non-hydrogen) atoms. The molecule has 6 rings (SSSR count). The van der Waals surface area contributed by atoms with Crippen LogP contribution in [0.4, 0.5) is 0 Å². The summed E-state index contributed by atoms with van der Waals surface area (Å²) in [6.07, 6.45) is 3.86. The molecular formula is C36H30N2OPt. The average molecular weight is 702 g/mol. The Morgan fingerprint density at radius 1 is 0.650 bits per heavy atom. The molecule has 0 saturated carbocycles. The van der Waals surface area contributed by atoms with Crippen molar-refractivity contribution >= 4 is 0 Å². The first-order chi connectivity index (χ1) is 19.1. The smallest absolute Gasteiger partial charge is 0.161 e. The molecule has 0 spiro atoms. The fourth-order valence-electron chi connectivity index (χ4n) is 4.56. The zero-order valence-corrected chi connectivity index (χ0v) is 24.7. The maximum atomic E-state index is 10.5. The third-order valence-electron chi connectivity index (χ3n) is 6.49. The van der Waals surface area contributed by atoms with E-state index in [1.54, 1.807) is 0 Å². The molecular weight excluding hydrogens is 671 g/mol. The van der Waals surface area contributed by atoms with Crippen LogP contribution >= 0.6 is 0 Å². The minimum atomic E-state index is 0. The van der Waals surface area contributed by atoms with Crippen molar-refractivity contribution in [2.75, 3.05) is 0 Å². The fourth-order valence-corrected chi connectivity index (χ4v) is 4.56. The van der Waals surface area contributed by atoms with Crippen molar-refractivity contribution in [1.29, 1.82) is 0 Å². The van der Waals surface area contributed by atoms with E-state index in [1.165, 1.54) is 5.56 Å². The minimum Gasteiger partial charge on any atom is -0.507 e. The van der Waals surface area contributed by atoms with Gasteiger partial charge in [-0.2, -0.15) is 0 Å². The van der Waals surface area contributed by atoms with Crippen LogP contribution in [0.25, 0.3) is 44.8 Å². The average Bonchev–Trinajstić information content (AvgIpc) is 2.99. The summed E-state index contributed by atoms with van der Waals surface area (Å²) in [5.41, 5.74) is 9.21. The molecule has 3 nitrogen and oxygen atoms in total. The number of benzene rings is 4. The van der Waals surface area contributed by atoms with Crippen molar-refractivity contribution in [3.05, 3.63) is 151 Å². The molecule has 2 aromatic heterocycles. The molecule has 1 N–H and O–H groups in total. The van der Waals surface area contributed by atoms with E-state index in [0.29, 0.717) is 5.75 Å². The molecule has 6 aromatic rings. The third-order valence-corrected chi connectivity index (χ3v) is 6.49. The van der Waals surface area contributed by atoms with Gasteiger partial charge in [-0.1, -0.05) is 115 Å². The van der Waals surface area contributed by atoms with Gasteiger partial charge < -0.3 is 5.11 Å². The van der Waals surface area contributed by atoms with Gasteiger partial charge in [0.1, 0.15) is 18.5 Å². The van der Waals surface area contributed by atoms with E-state index >= 15 is 0 Å². The van der Waals surface area contributed by atoms with Crippen molar-refractivity contribution in [2.45, 2.75) is 6.92 Å². The molecule has 4 heteroatoms. The number of aryl methyl sites for hydroxylation is 2. The zero-order valence-electron chi connectivity index (χ0n) is 22.4. The Morgan fingerprint density at radius 3 is 1.80 bits per heavy atom. The number of aromatic nitrogens is 2. The van der Waals surface area contributed by atoms with Gasteiger partial charge in [0.15, 0.2) is 6.20 Å². The molecule has 2 heterocycles. The van der Waals surface area contributed by atoms with Gasteiger partial charge >= 0.3 is 0 Å². The SMILES string of the molecule is Cc1cc(-c2ccccn2)[c-]c(-c2cccc[n+]2C)c1.Oc1c(-c2ccccc2)cccc1-c1ccccc1.[Pt]. The third kappa shape index (κ3) is 6.80. The molecule has 0 aliphatic carbocycles. The van der Waals surface area contributed by atoms with E-state index in [9.17, 15) is 5.11 Å². The predicted octanol–water partition coefficient (Wildman–Crippen LogP) is 8.07. The first-order valence-electron chi connectivity index (χ1n) is 12.9. The second-order valence-corrected chi connectivity index (χ2v) is 9.33. The summed E-state index contributed by atoms with van der Waals surface area (Å²) in [6, 6.07) is 45.6. The molecule has 0 unspecified atom stereocenters. The van der Waals surface area contributed by atoms with Crippen molar-refractivity contribution in [1.82, 2.24) is 4.98 Å². The Labute approximate surface area is 250 Å². The van der Waals surface area contributed by atoms with Gasteiger partial charge in [0.2, 0.25) is 0 Å². The first kappa shape index (κ1) is 28.7. The molecule has 0 bridgehead atoms. The quantitative estimate of drug-likeness (QED) is 0.149. The standard InChI is InChI=1S/C18H16N2.C18H14O.Pt/c1-14-11-15(17-7-3-5-9-19-17)13-16(12-14)18-8-4-6-10-20(18)2;19-18-16(14-8-3-1-4-9-14)12-7-13-17(18)15-10-5-2-6-11-15;/h3-12H,1-2H3;1-13,19H;. The predicted molar refractivity (Wildman–Crippen MR) is 159 cm³/mol. The Morgan fingerprint density at radius 2 is 1.23 bits per heavy atom. The van der Waals surface area contributed by atoms with Crippen LogP contribution in [0.2, 0.25) is 0 Å². The van der Waals surface area contributed by atoms with Crippen molar-refractivity contribution in [3.63, 3.8) is 0 Å². The van der Waals surface area contributed by atoms with Crippen LogP contribution in [0.1, 0.15) is 5.56 Å². The van der Waals surface area contributed by atoms with E-state index in [4.69, 9.17) is 0 Å². The summed E-state index contributed by atoms with van der Waals surface area (Å²) in [5, 5.41) is 10.5. The fraction of sp³-hybridized carbons (Fsp3) is 0.0556. The van der Waals surface area contributed by atoms with Crippen molar-refractivity contribution in [2.24, 2.45) is 7.05 Å². The van der Waals surface area contributed by atoms with Gasteiger partial charge in [0.25, 0.3) is 0 Å². The number of pyridine rings is 2. The maximum Gasteiger partial charge on any atom is 0.161 e. The Kier molecular flexibility index (Phi) is 9.78. The normalized spacial score (nSPS) is 10.2. The van der Waals surface area contributed by atoms with Gasteiger partial charge in [0.05, 0.1) is 0 Å². The summed E-state index contributed by atoms with van der Waals surface area (Å²) >= 11 is 0. The van der Waals surface area contributed by atoms with E-state index in [-0.39, 0.29) is 21.1 Å². The summed E-state index contributed by atoms with van der Waals surface area (Å²) < 4.78 is 2.10. The molecule has 200 valence electrons. The number of para-hydroxylation sites is 1. The Bertz CT molecular complexity index is 1610. The van der Waals surface area contributed by atoms with Gasteiger partial charge in [-0.3, -0.25) is 4.98 Å². The Balaban J connectivity index is 0.000000181. The van der Waals surface area contributed by atoms with Gasteiger partial charge in [-0.25, -0.2) is 4.57 Å². The van der Waals surface area contributed by atoms with Crippen LogP contribution in [0.5, 0.6) is 5.75 Å². The molecule has 0 fully saturated rings. The molecule has 0 atom stereocenters. The molecule has 0 aliphatic heterocycles. The van der Waals surface area contributed by atoms with Crippen LogP contribution in [0, 0.1) is 13.0 Å². The summed E-state index contributed by atoms with van der Waals surface area (Å²) in [4.78, 5) is 4.41. The van der Waals surface area contributed by atoms with Crippen LogP contribution < -0.4 is 4.57 Å². The largest absolute Gasteiger partial charge is 0.507 e. The number of phenolic OH excluding ortho intramolecular Hbond substituents is 1. The van der Waals surface area contributed by atoms with E-state index in [0.717, 1.165) is 44.8 Å². The monoisotopic (exact) mass is 701 g/mol. The molecule has 0 saturated heterocycles. The number of nitrogens with zero attached hydrogens (tertiary/aromatic N) is 2. The van der Waals surface area contributed by atoms with Gasteiger partial charge in [0, 0.05) is 50.1 Å². The van der Waals surface area contributed by atoms with E-state index < -0.39 is 0 Å². The number of aromatic hydroxyl groups is 1. The number of phenols is 1. The van der Waals surface area contributed by atoms with E-state index in [1.807, 2.05) is 129 Å². The van der Waals surface area contributed by atoms with Crippen molar-refractivity contribution in [3.8, 4) is 50.5 Å². The van der Waals surface area contributed by atoms with Crippen LogP contribution in [-0.4, -0.2) is 10.1 Å². The van der Waals surface area contributed by atoms with Crippen LogP contribution in [0.3, 0.4) is 0 Å². The van der Waals surface area contributed by atoms with Gasteiger partial charge in [-0.15, -0.1) is 23.8 Å². The Hall–Kier alpha value is -4.33. The zero-order chi connectivity index (χ0) is 27.0. The summed E-state index contributed by atoms with van der Waals surface area (Å²) in [5.74, 6) is 0.333. The minimum absolute atomic E-state index is 0. The first-order valence-corrected chi connectivity index (χ1v) is 12.9. The van der Waals surface area contributed by atoms with Crippen LogP contribution in [-0.2, 0) is 28.1 Å². The topological polar surface area (TPSA) is 37.0 Å². The van der Waals surface area contributed by atoms with Crippen LogP contribution in [0.15, 0.2) is 140 Å². The van der Waals surface area contributed by atoms with E-state index in [2.05, 4.69) is 40.7 Å². The molecule has 0 radical (unpaired) electrons. The second kappa shape index (κ2) is 13.6. The summed E-state index contributed by atoms with van der Waals surface area (Å²) in [6.45, 7) is 2.10. The number of hydrogen-bond donors (Lipinski definition) is 1. The van der Waals surface area contributed by atoms with Gasteiger partial charge in [-0.05, 0) is 23.3 Å². The number of rotatable bonds is 4. The van der Waals surface area contributed by atoms with Crippen molar-refractivity contribution < 1.29 is 30.7 Å². The summed E-state index contributed by atoms with van der Waals surface area (Å²) in [7, 11) is 2.05.